The molecular formula is C11H10O5. The fourth-order valence-electron chi connectivity index (χ4n) is 0.970. The number of benzene rings is 1. The Labute approximate surface area is 91.6 Å². The predicted octanol–water partition coefficient (Wildman–Crippen LogP) is 1.33. The van der Waals surface area contributed by atoms with E-state index in [-0.39, 0.29) is 17.1 Å². The maximum Gasteiger partial charge on any atom is 0.339 e. The Morgan fingerprint density at radius 3 is 2.50 bits per heavy atom. The van der Waals surface area contributed by atoms with Crippen LogP contribution in [0.25, 0.3) is 0 Å². The molecule has 0 atom stereocenters. The topological polar surface area (TPSA) is 83.8 Å². The molecule has 0 amide bonds. The third-order valence-corrected chi connectivity index (χ3v) is 1.72. The van der Waals surface area contributed by atoms with Crippen molar-refractivity contribution in [2.24, 2.45) is 0 Å². The molecule has 0 bridgehead atoms. The van der Waals surface area contributed by atoms with E-state index < -0.39 is 18.4 Å². The van der Waals surface area contributed by atoms with Crippen LogP contribution in [-0.4, -0.2) is 22.2 Å². The second kappa shape index (κ2) is 4.97. The summed E-state index contributed by atoms with van der Waals surface area (Å²) in [5.74, 6) is -2.26. The number of phenolic OH excluding ortho intramolecular Hbond substituents is 1. The summed E-state index contributed by atoms with van der Waals surface area (Å²) in [6.07, 6.45) is -0.494. The lowest BCUT2D eigenvalue weighted by molar-refractivity contribution is -0.138. The van der Waals surface area contributed by atoms with E-state index in [0.717, 1.165) is 0 Å². The van der Waals surface area contributed by atoms with Crippen LogP contribution in [0.15, 0.2) is 36.4 Å². The van der Waals surface area contributed by atoms with Crippen LogP contribution in [0.3, 0.4) is 0 Å². The van der Waals surface area contributed by atoms with E-state index in [0.29, 0.717) is 0 Å². The van der Waals surface area contributed by atoms with Gasteiger partial charge < -0.3 is 14.9 Å². The fourth-order valence-corrected chi connectivity index (χ4v) is 0.970. The Bertz CT molecular complexity index is 436. The molecule has 84 valence electrons. The molecule has 0 unspecified atom stereocenters. The summed E-state index contributed by atoms with van der Waals surface area (Å²) in [7, 11) is 0. The van der Waals surface area contributed by atoms with Crippen molar-refractivity contribution in [2.45, 2.75) is 6.42 Å². The van der Waals surface area contributed by atoms with Crippen LogP contribution in [0.2, 0.25) is 0 Å². The minimum Gasteiger partial charge on any atom is -0.504 e. The molecular weight excluding hydrogens is 212 g/mol. The monoisotopic (exact) mass is 222 g/mol. The molecule has 0 aromatic heterocycles. The number of aliphatic carboxylic acids is 1. The van der Waals surface area contributed by atoms with Gasteiger partial charge in [0.05, 0.1) is 6.42 Å². The molecule has 0 spiro atoms. The first-order valence-electron chi connectivity index (χ1n) is 4.40. The Hall–Kier alpha value is -2.30. The fraction of sp³-hybridized carbons (Fsp3) is 0.0909. The number of carboxylic acids is 1. The highest BCUT2D eigenvalue weighted by Gasteiger charge is 2.14. The SMILES string of the molecule is C=C(CC(=O)O)C(=O)Oc1ccccc1O. The molecule has 5 nitrogen and oxygen atoms in total. The number of carbonyl (C=O) groups is 2. The lowest BCUT2D eigenvalue weighted by atomic mass is 10.2. The predicted molar refractivity (Wildman–Crippen MR) is 55.1 cm³/mol. The maximum atomic E-state index is 11.3. The Kier molecular flexibility index (Phi) is 3.66. The zero-order valence-corrected chi connectivity index (χ0v) is 8.34. The van der Waals surface area contributed by atoms with Crippen LogP contribution in [0.4, 0.5) is 0 Å². The van der Waals surface area contributed by atoms with Crippen LogP contribution in [0.5, 0.6) is 11.5 Å². The normalized spacial score (nSPS) is 9.50. The van der Waals surface area contributed by atoms with E-state index in [1.165, 1.54) is 12.1 Å². The average molecular weight is 222 g/mol. The summed E-state index contributed by atoms with van der Waals surface area (Å²) >= 11 is 0. The number of hydrogen-bond donors (Lipinski definition) is 2. The van der Waals surface area contributed by atoms with Crippen molar-refractivity contribution in [1.29, 1.82) is 0 Å². The molecule has 1 aromatic rings. The quantitative estimate of drug-likeness (QED) is 0.456. The van der Waals surface area contributed by atoms with Crippen molar-refractivity contribution in [3.05, 3.63) is 36.4 Å². The number of carbonyl (C=O) groups excluding carboxylic acids is 1. The van der Waals surface area contributed by atoms with Crippen molar-refractivity contribution in [2.75, 3.05) is 0 Å². The van der Waals surface area contributed by atoms with Crippen molar-refractivity contribution < 1.29 is 24.5 Å². The third-order valence-electron chi connectivity index (χ3n) is 1.72. The molecule has 0 aliphatic rings. The molecule has 0 heterocycles. The van der Waals surface area contributed by atoms with Gasteiger partial charge in [0, 0.05) is 5.57 Å². The summed E-state index contributed by atoms with van der Waals surface area (Å²) in [5, 5.41) is 17.7. The highest BCUT2D eigenvalue weighted by Crippen LogP contribution is 2.25. The standard InChI is InChI=1S/C11H10O5/c1-7(6-10(13)14)11(15)16-9-5-3-2-4-8(9)12/h2-5,12H,1,6H2,(H,13,14). The summed E-state index contributed by atoms with van der Waals surface area (Å²) in [6.45, 7) is 3.28. The zero-order valence-electron chi connectivity index (χ0n) is 8.34. The van der Waals surface area contributed by atoms with Gasteiger partial charge in [0.2, 0.25) is 0 Å². The van der Waals surface area contributed by atoms with Gasteiger partial charge in [-0.15, -0.1) is 0 Å². The first-order valence-corrected chi connectivity index (χ1v) is 4.40. The highest BCUT2D eigenvalue weighted by atomic mass is 16.5. The molecule has 0 saturated carbocycles. The minimum absolute atomic E-state index is 0.0287. The van der Waals surface area contributed by atoms with Crippen LogP contribution >= 0.6 is 0 Å². The number of esters is 1. The summed E-state index contributed by atoms with van der Waals surface area (Å²) in [4.78, 5) is 21.6. The highest BCUT2D eigenvalue weighted by molar-refractivity contribution is 5.94. The van der Waals surface area contributed by atoms with E-state index in [2.05, 4.69) is 6.58 Å². The molecule has 0 fully saturated rings. The van der Waals surface area contributed by atoms with E-state index in [1.54, 1.807) is 12.1 Å². The second-order valence-corrected chi connectivity index (χ2v) is 3.03. The summed E-state index contributed by atoms with van der Waals surface area (Å²) in [5.41, 5.74) is -0.184. The molecule has 2 N–H and O–H groups in total. The van der Waals surface area contributed by atoms with Gasteiger partial charge in [0.1, 0.15) is 0 Å². The third kappa shape index (κ3) is 3.13. The van der Waals surface area contributed by atoms with Gasteiger partial charge in [-0.1, -0.05) is 18.7 Å². The molecule has 0 saturated heterocycles. The van der Waals surface area contributed by atoms with Gasteiger partial charge in [0.15, 0.2) is 11.5 Å². The van der Waals surface area contributed by atoms with E-state index in [4.69, 9.17) is 9.84 Å². The Balaban J connectivity index is 2.68. The minimum atomic E-state index is -1.17. The number of aromatic hydroxyl groups is 1. The molecule has 0 radical (unpaired) electrons. The lowest BCUT2D eigenvalue weighted by Gasteiger charge is -2.06. The zero-order chi connectivity index (χ0) is 12.1. The van der Waals surface area contributed by atoms with Gasteiger partial charge in [-0.25, -0.2) is 4.79 Å². The average Bonchev–Trinajstić information content (AvgIpc) is 2.20. The van der Waals surface area contributed by atoms with Crippen LogP contribution in [0.1, 0.15) is 6.42 Å². The van der Waals surface area contributed by atoms with Gasteiger partial charge in [-0.2, -0.15) is 0 Å². The number of hydrogen-bond acceptors (Lipinski definition) is 4. The van der Waals surface area contributed by atoms with Gasteiger partial charge in [-0.05, 0) is 12.1 Å². The molecule has 0 aliphatic carbocycles. The van der Waals surface area contributed by atoms with Gasteiger partial charge >= 0.3 is 11.9 Å². The van der Waals surface area contributed by atoms with E-state index >= 15 is 0 Å². The maximum absolute atomic E-state index is 11.3. The van der Waals surface area contributed by atoms with Crippen molar-refractivity contribution in [3.8, 4) is 11.5 Å². The Morgan fingerprint density at radius 1 is 1.31 bits per heavy atom. The smallest absolute Gasteiger partial charge is 0.339 e. The number of ether oxygens (including phenoxy) is 1. The van der Waals surface area contributed by atoms with Crippen LogP contribution in [-0.2, 0) is 9.59 Å². The van der Waals surface area contributed by atoms with Crippen molar-refractivity contribution >= 4 is 11.9 Å². The number of rotatable bonds is 4. The first kappa shape index (κ1) is 11.8. The summed E-state index contributed by atoms with van der Waals surface area (Å²) in [6, 6.07) is 5.88. The molecule has 16 heavy (non-hydrogen) atoms. The Morgan fingerprint density at radius 2 is 1.94 bits per heavy atom. The second-order valence-electron chi connectivity index (χ2n) is 3.03. The largest absolute Gasteiger partial charge is 0.504 e. The van der Waals surface area contributed by atoms with E-state index in [1.807, 2.05) is 0 Å². The molecule has 1 aromatic carbocycles. The molecule has 0 aliphatic heterocycles. The summed E-state index contributed by atoms with van der Waals surface area (Å²) < 4.78 is 4.76. The first-order chi connectivity index (χ1) is 7.50. The number of para-hydroxylation sites is 2. The molecule has 1 rings (SSSR count). The van der Waals surface area contributed by atoms with Crippen molar-refractivity contribution in [1.82, 2.24) is 0 Å². The number of phenols is 1. The van der Waals surface area contributed by atoms with Crippen LogP contribution in [0, 0.1) is 0 Å². The van der Waals surface area contributed by atoms with Gasteiger partial charge in [-0.3, -0.25) is 4.79 Å². The molecule has 5 heteroatoms. The van der Waals surface area contributed by atoms with Crippen LogP contribution < -0.4 is 4.74 Å². The number of carboxylic acid groups (broad SMARTS) is 1. The van der Waals surface area contributed by atoms with Crippen molar-refractivity contribution in [3.63, 3.8) is 0 Å². The lowest BCUT2D eigenvalue weighted by Crippen LogP contribution is -2.13. The van der Waals surface area contributed by atoms with Gasteiger partial charge in [0.25, 0.3) is 0 Å². The van der Waals surface area contributed by atoms with E-state index in [9.17, 15) is 14.7 Å².